The van der Waals surface area contributed by atoms with Gasteiger partial charge < -0.3 is 9.47 Å². The molecule has 4 aromatic rings. The summed E-state index contributed by atoms with van der Waals surface area (Å²) in [5, 5.41) is 16.7. The van der Waals surface area contributed by atoms with E-state index in [0.29, 0.717) is 27.9 Å². The maximum atomic E-state index is 13.3. The minimum atomic E-state index is -0.583. The highest BCUT2D eigenvalue weighted by molar-refractivity contribution is 9.10. The molecule has 38 heavy (non-hydrogen) atoms. The molecule has 0 spiro atoms. The second kappa shape index (κ2) is 11.5. The monoisotopic (exact) mass is 582 g/mol. The van der Waals surface area contributed by atoms with Crippen molar-refractivity contribution >= 4 is 38.7 Å². The Hall–Kier alpha value is -4.12. The van der Waals surface area contributed by atoms with Crippen LogP contribution in [-0.2, 0) is 6.61 Å². The van der Waals surface area contributed by atoms with Crippen molar-refractivity contribution in [3.63, 3.8) is 0 Å². The zero-order valence-corrected chi connectivity index (χ0v) is 22.4. The van der Waals surface area contributed by atoms with Crippen LogP contribution in [0, 0.1) is 15.9 Å². The molecule has 0 aliphatic carbocycles. The summed E-state index contributed by atoms with van der Waals surface area (Å²) < 4.78 is 26.5. The van der Waals surface area contributed by atoms with Gasteiger partial charge in [-0.05, 0) is 48.9 Å². The Morgan fingerprint density at radius 3 is 2.55 bits per heavy atom. The fourth-order valence-electron chi connectivity index (χ4n) is 3.74. The minimum Gasteiger partial charge on any atom is -0.490 e. The number of nitrogens with zero attached hydrogens (tertiary/aromatic N) is 4. The molecule has 196 valence electrons. The first-order valence-corrected chi connectivity index (χ1v) is 12.6. The Labute approximate surface area is 225 Å². The summed E-state index contributed by atoms with van der Waals surface area (Å²) in [6.45, 7) is 5.72. The molecule has 0 fully saturated rings. The molecule has 4 rings (SSSR count). The second-order valence-corrected chi connectivity index (χ2v) is 9.54. The van der Waals surface area contributed by atoms with E-state index in [1.54, 1.807) is 31.2 Å². The van der Waals surface area contributed by atoms with Crippen LogP contribution in [0.1, 0.15) is 43.6 Å². The fraction of sp³-hybridized carbons (Fsp3) is 0.222. The van der Waals surface area contributed by atoms with E-state index in [1.807, 2.05) is 13.8 Å². The molecule has 1 heterocycles. The molecule has 0 N–H and O–H groups in total. The molecule has 0 saturated heterocycles. The highest BCUT2D eigenvalue weighted by Crippen LogP contribution is 2.39. The molecule has 1 aromatic heterocycles. The van der Waals surface area contributed by atoms with E-state index in [2.05, 4.69) is 26.0 Å². The number of fused-ring (bicyclic) bond motifs is 1. The van der Waals surface area contributed by atoms with E-state index >= 15 is 0 Å². The molecule has 0 saturated carbocycles. The van der Waals surface area contributed by atoms with Gasteiger partial charge in [0.1, 0.15) is 18.2 Å². The number of nitro groups is 1. The Balaban J connectivity index is 1.77. The van der Waals surface area contributed by atoms with Crippen molar-refractivity contribution in [1.29, 1.82) is 0 Å². The Bertz CT molecular complexity index is 1590. The van der Waals surface area contributed by atoms with Gasteiger partial charge in [-0.3, -0.25) is 14.9 Å². The molecule has 9 nitrogen and oxygen atoms in total. The Morgan fingerprint density at radius 1 is 1.16 bits per heavy atom. The van der Waals surface area contributed by atoms with Gasteiger partial charge in [0, 0.05) is 22.0 Å². The van der Waals surface area contributed by atoms with Gasteiger partial charge in [-0.25, -0.2) is 9.37 Å². The van der Waals surface area contributed by atoms with Crippen LogP contribution in [0.25, 0.3) is 10.9 Å². The molecule has 0 bridgehead atoms. The van der Waals surface area contributed by atoms with Crippen LogP contribution < -0.4 is 15.0 Å². The number of hydrogen-bond donors (Lipinski definition) is 0. The van der Waals surface area contributed by atoms with Gasteiger partial charge in [0.2, 0.25) is 5.75 Å². The van der Waals surface area contributed by atoms with Crippen molar-refractivity contribution in [1.82, 2.24) is 9.66 Å². The molecule has 0 radical (unpaired) electrons. The van der Waals surface area contributed by atoms with Gasteiger partial charge in [-0.2, -0.15) is 9.78 Å². The number of halogens is 2. The molecule has 11 heteroatoms. The Kier molecular flexibility index (Phi) is 8.16. The summed E-state index contributed by atoms with van der Waals surface area (Å²) in [5.41, 5.74) is 0.798. The maximum Gasteiger partial charge on any atom is 0.315 e. The van der Waals surface area contributed by atoms with E-state index in [4.69, 9.17) is 9.47 Å². The highest BCUT2D eigenvalue weighted by Gasteiger charge is 2.23. The predicted molar refractivity (Wildman–Crippen MR) is 146 cm³/mol. The van der Waals surface area contributed by atoms with Crippen LogP contribution in [0.15, 0.2) is 69.0 Å². The van der Waals surface area contributed by atoms with E-state index in [9.17, 15) is 19.3 Å². The fourth-order valence-corrected chi connectivity index (χ4v) is 4.10. The molecule has 0 amide bonds. The first-order valence-electron chi connectivity index (χ1n) is 11.8. The van der Waals surface area contributed by atoms with Gasteiger partial charge in [-0.15, -0.1) is 0 Å². The first kappa shape index (κ1) is 26.9. The van der Waals surface area contributed by atoms with E-state index in [1.165, 1.54) is 41.2 Å². The zero-order valence-electron chi connectivity index (χ0n) is 20.9. The number of ether oxygens (including phenoxy) is 2. The lowest BCUT2D eigenvalue weighted by atomic mass is 10.1. The van der Waals surface area contributed by atoms with Crippen molar-refractivity contribution in [3.8, 4) is 11.5 Å². The summed E-state index contributed by atoms with van der Waals surface area (Å²) in [6, 6.07) is 13.7. The largest absolute Gasteiger partial charge is 0.490 e. The molecular formula is C27H24BrFN4O5. The third kappa shape index (κ3) is 5.88. The SMILES string of the molecule is CCOc1cc(C=Nn2c(C(C)C)nc3ccc(Br)cc3c2=O)cc([N+](=O)[O-])c1OCc1ccc(F)cc1. The number of nitro benzene ring substituents is 1. The van der Waals surface area contributed by atoms with Gasteiger partial charge in [0.25, 0.3) is 5.56 Å². The predicted octanol–water partition coefficient (Wildman–Crippen LogP) is 6.19. The van der Waals surface area contributed by atoms with Crippen LogP contribution in [0.3, 0.4) is 0 Å². The number of aromatic nitrogens is 2. The van der Waals surface area contributed by atoms with Gasteiger partial charge >= 0.3 is 5.69 Å². The molecule has 0 aliphatic rings. The van der Waals surface area contributed by atoms with Crippen LogP contribution in [0.4, 0.5) is 10.1 Å². The standard InChI is InChI=1S/C27H24BrFN4O5/c1-4-37-24-12-18(11-23(33(35)36)25(24)38-15-17-5-8-20(29)9-6-17)14-30-32-26(16(2)3)31-22-10-7-19(28)13-21(22)27(32)34/h5-14,16H,4,15H2,1-3H3. The molecule has 0 unspecified atom stereocenters. The van der Waals surface area contributed by atoms with E-state index in [-0.39, 0.29) is 41.9 Å². The number of hydrogen-bond acceptors (Lipinski definition) is 7. The lowest BCUT2D eigenvalue weighted by molar-refractivity contribution is -0.386. The molecule has 3 aromatic carbocycles. The van der Waals surface area contributed by atoms with Crippen LogP contribution in [0.2, 0.25) is 0 Å². The molecular weight excluding hydrogens is 559 g/mol. The zero-order chi connectivity index (χ0) is 27.4. The average molecular weight is 583 g/mol. The second-order valence-electron chi connectivity index (χ2n) is 8.62. The van der Waals surface area contributed by atoms with Crippen molar-refractivity contribution in [2.45, 2.75) is 33.3 Å². The molecule has 0 atom stereocenters. The van der Waals surface area contributed by atoms with E-state index < -0.39 is 10.7 Å². The van der Waals surface area contributed by atoms with E-state index in [0.717, 1.165) is 4.47 Å². The highest BCUT2D eigenvalue weighted by atomic mass is 79.9. The average Bonchev–Trinajstić information content (AvgIpc) is 2.88. The lowest BCUT2D eigenvalue weighted by Crippen LogP contribution is -2.23. The lowest BCUT2D eigenvalue weighted by Gasteiger charge is -2.14. The van der Waals surface area contributed by atoms with Gasteiger partial charge in [-0.1, -0.05) is 41.9 Å². The smallest absolute Gasteiger partial charge is 0.315 e. The third-order valence-electron chi connectivity index (χ3n) is 5.52. The quantitative estimate of drug-likeness (QED) is 0.132. The number of benzene rings is 3. The number of rotatable bonds is 9. The summed E-state index contributed by atoms with van der Waals surface area (Å²) >= 11 is 3.38. The van der Waals surface area contributed by atoms with Crippen molar-refractivity contribution in [3.05, 3.63) is 102 Å². The van der Waals surface area contributed by atoms with Crippen LogP contribution in [-0.4, -0.2) is 27.4 Å². The molecule has 0 aliphatic heterocycles. The normalized spacial score (nSPS) is 11.4. The van der Waals surface area contributed by atoms with Crippen LogP contribution in [0.5, 0.6) is 11.5 Å². The summed E-state index contributed by atoms with van der Waals surface area (Å²) in [6.07, 6.45) is 1.35. The van der Waals surface area contributed by atoms with Crippen molar-refractivity contribution in [2.24, 2.45) is 5.10 Å². The summed E-state index contributed by atoms with van der Waals surface area (Å²) in [5.74, 6) is 0.00788. The third-order valence-corrected chi connectivity index (χ3v) is 6.02. The maximum absolute atomic E-state index is 13.3. The summed E-state index contributed by atoms with van der Waals surface area (Å²) in [4.78, 5) is 29.2. The minimum absolute atomic E-state index is 0.0277. The van der Waals surface area contributed by atoms with Gasteiger partial charge in [0.05, 0.1) is 28.6 Å². The van der Waals surface area contributed by atoms with Crippen molar-refractivity contribution < 1.29 is 18.8 Å². The van der Waals surface area contributed by atoms with Crippen molar-refractivity contribution in [2.75, 3.05) is 6.61 Å². The van der Waals surface area contributed by atoms with Gasteiger partial charge in [0.15, 0.2) is 5.75 Å². The first-order chi connectivity index (χ1) is 18.2. The summed E-state index contributed by atoms with van der Waals surface area (Å²) in [7, 11) is 0. The topological polar surface area (TPSA) is 109 Å². The van der Waals surface area contributed by atoms with Crippen LogP contribution >= 0.6 is 15.9 Å². The Morgan fingerprint density at radius 2 is 1.89 bits per heavy atom.